The van der Waals surface area contributed by atoms with E-state index in [1.165, 1.54) is 3.57 Å². The molecule has 0 spiro atoms. The van der Waals surface area contributed by atoms with Crippen LogP contribution in [0.15, 0.2) is 46.9 Å². The van der Waals surface area contributed by atoms with Crippen LogP contribution in [-0.2, 0) is 6.54 Å². The second-order valence-corrected chi connectivity index (χ2v) is 6.00. The second kappa shape index (κ2) is 6.54. The molecule has 1 N–H and O–H groups in total. The predicted molar refractivity (Wildman–Crippen MR) is 86.1 cm³/mol. The van der Waals surface area contributed by atoms with Crippen molar-refractivity contribution in [3.05, 3.63) is 56.1 Å². The van der Waals surface area contributed by atoms with Crippen LogP contribution in [0.5, 0.6) is 11.5 Å². The Kier molecular flexibility index (Phi) is 5.03. The zero-order chi connectivity index (χ0) is 13.0. The largest absolute Gasteiger partial charge is 0.457 e. The molecule has 0 bridgehead atoms. The highest BCUT2D eigenvalue weighted by molar-refractivity contribution is 14.1. The number of hydrogen-bond donors (Lipinski definition) is 1. The van der Waals surface area contributed by atoms with Gasteiger partial charge in [0.05, 0.1) is 0 Å². The number of ether oxygens (including phenoxy) is 1. The number of hydrogen-bond acceptors (Lipinski definition) is 2. The standard InChI is InChI=1S/C14H13BrINO/c1-17-9-10-8-11(15)2-7-14(10)18-13-5-3-12(16)4-6-13/h2-8,17H,9H2,1H3. The third-order valence-corrected chi connectivity index (χ3v) is 3.64. The minimum Gasteiger partial charge on any atom is -0.457 e. The van der Waals surface area contributed by atoms with Crippen molar-refractivity contribution in [3.8, 4) is 11.5 Å². The summed E-state index contributed by atoms with van der Waals surface area (Å²) in [5.41, 5.74) is 1.13. The molecule has 0 radical (unpaired) electrons. The molecule has 0 aromatic heterocycles. The molecule has 0 amide bonds. The molecule has 2 aromatic rings. The van der Waals surface area contributed by atoms with Gasteiger partial charge in [-0.3, -0.25) is 0 Å². The van der Waals surface area contributed by atoms with Crippen molar-refractivity contribution in [1.82, 2.24) is 5.32 Å². The van der Waals surface area contributed by atoms with Crippen LogP contribution in [0.4, 0.5) is 0 Å². The van der Waals surface area contributed by atoms with Crippen LogP contribution < -0.4 is 10.1 Å². The van der Waals surface area contributed by atoms with E-state index in [1.807, 2.05) is 43.4 Å². The molecule has 94 valence electrons. The van der Waals surface area contributed by atoms with E-state index in [-0.39, 0.29) is 0 Å². The molecular formula is C14H13BrINO. The van der Waals surface area contributed by atoms with Gasteiger partial charge in [-0.1, -0.05) is 15.9 Å². The lowest BCUT2D eigenvalue weighted by Crippen LogP contribution is -2.06. The molecule has 0 heterocycles. The highest BCUT2D eigenvalue weighted by Crippen LogP contribution is 2.28. The Bertz CT molecular complexity index is 528. The van der Waals surface area contributed by atoms with Gasteiger partial charge in [0, 0.05) is 20.2 Å². The summed E-state index contributed by atoms with van der Waals surface area (Å²) >= 11 is 5.76. The zero-order valence-electron chi connectivity index (χ0n) is 9.91. The maximum absolute atomic E-state index is 5.91. The second-order valence-electron chi connectivity index (χ2n) is 3.84. The predicted octanol–water partition coefficient (Wildman–Crippen LogP) is 4.57. The van der Waals surface area contributed by atoms with Gasteiger partial charge in [-0.05, 0) is 72.1 Å². The van der Waals surface area contributed by atoms with E-state index in [9.17, 15) is 0 Å². The maximum atomic E-state index is 5.91. The topological polar surface area (TPSA) is 21.3 Å². The van der Waals surface area contributed by atoms with Crippen molar-refractivity contribution < 1.29 is 4.74 Å². The summed E-state index contributed by atoms with van der Waals surface area (Å²) in [6, 6.07) is 14.1. The molecule has 0 atom stereocenters. The molecule has 18 heavy (non-hydrogen) atoms. The lowest BCUT2D eigenvalue weighted by Gasteiger charge is -2.11. The van der Waals surface area contributed by atoms with Crippen LogP contribution in [0.2, 0.25) is 0 Å². The van der Waals surface area contributed by atoms with E-state index < -0.39 is 0 Å². The monoisotopic (exact) mass is 417 g/mol. The fourth-order valence-electron chi connectivity index (χ4n) is 1.61. The number of halogens is 2. The van der Waals surface area contributed by atoms with Crippen LogP contribution in [0.3, 0.4) is 0 Å². The van der Waals surface area contributed by atoms with Crippen molar-refractivity contribution in [2.45, 2.75) is 6.54 Å². The molecule has 4 heteroatoms. The Hall–Kier alpha value is -0.590. The Balaban J connectivity index is 2.25. The highest BCUT2D eigenvalue weighted by atomic mass is 127. The molecule has 0 fully saturated rings. The zero-order valence-corrected chi connectivity index (χ0v) is 13.7. The molecule has 0 aliphatic carbocycles. The van der Waals surface area contributed by atoms with Gasteiger partial charge in [0.1, 0.15) is 11.5 Å². The lowest BCUT2D eigenvalue weighted by molar-refractivity contribution is 0.474. The summed E-state index contributed by atoms with van der Waals surface area (Å²) in [7, 11) is 1.93. The quantitative estimate of drug-likeness (QED) is 0.736. The highest BCUT2D eigenvalue weighted by Gasteiger charge is 2.05. The number of benzene rings is 2. The summed E-state index contributed by atoms with van der Waals surface area (Å²) < 4.78 is 8.17. The van der Waals surface area contributed by atoms with Crippen molar-refractivity contribution in [2.75, 3.05) is 7.05 Å². The van der Waals surface area contributed by atoms with Gasteiger partial charge in [0.25, 0.3) is 0 Å². The maximum Gasteiger partial charge on any atom is 0.131 e. The lowest BCUT2D eigenvalue weighted by atomic mass is 10.2. The summed E-state index contributed by atoms with van der Waals surface area (Å²) in [5.74, 6) is 1.74. The van der Waals surface area contributed by atoms with Gasteiger partial charge in [0.15, 0.2) is 0 Å². The third kappa shape index (κ3) is 3.70. The van der Waals surface area contributed by atoms with E-state index in [1.54, 1.807) is 0 Å². The van der Waals surface area contributed by atoms with Crippen LogP contribution in [0.25, 0.3) is 0 Å². The minimum atomic E-state index is 0.777. The average Bonchev–Trinajstić information content (AvgIpc) is 2.36. The molecule has 0 aliphatic heterocycles. The van der Waals surface area contributed by atoms with Gasteiger partial charge in [0.2, 0.25) is 0 Å². The number of rotatable bonds is 4. The Morgan fingerprint density at radius 3 is 2.56 bits per heavy atom. The van der Waals surface area contributed by atoms with Crippen LogP contribution in [0, 0.1) is 3.57 Å². The molecule has 0 aliphatic rings. The van der Waals surface area contributed by atoms with Crippen LogP contribution >= 0.6 is 38.5 Å². The Labute approximate surface area is 129 Å². The van der Waals surface area contributed by atoms with Crippen molar-refractivity contribution in [2.24, 2.45) is 0 Å². The first-order valence-electron chi connectivity index (χ1n) is 5.55. The first-order chi connectivity index (χ1) is 8.69. The molecule has 0 saturated carbocycles. The fourth-order valence-corrected chi connectivity index (χ4v) is 2.37. The SMILES string of the molecule is CNCc1cc(Br)ccc1Oc1ccc(I)cc1. The summed E-state index contributed by atoms with van der Waals surface area (Å²) in [4.78, 5) is 0. The summed E-state index contributed by atoms with van der Waals surface area (Å²) in [6.45, 7) is 0.777. The normalized spacial score (nSPS) is 10.4. The number of nitrogens with one attached hydrogen (secondary N) is 1. The van der Waals surface area contributed by atoms with Crippen molar-refractivity contribution >= 4 is 38.5 Å². The molecule has 2 nitrogen and oxygen atoms in total. The van der Waals surface area contributed by atoms with Gasteiger partial charge in [-0.15, -0.1) is 0 Å². The van der Waals surface area contributed by atoms with E-state index in [4.69, 9.17) is 4.74 Å². The van der Waals surface area contributed by atoms with Gasteiger partial charge in [-0.25, -0.2) is 0 Å². The van der Waals surface area contributed by atoms with E-state index in [0.29, 0.717) is 0 Å². The van der Waals surface area contributed by atoms with Crippen molar-refractivity contribution in [1.29, 1.82) is 0 Å². The van der Waals surface area contributed by atoms with E-state index in [0.717, 1.165) is 28.1 Å². The summed E-state index contributed by atoms with van der Waals surface area (Å²) in [5, 5.41) is 3.14. The van der Waals surface area contributed by atoms with Gasteiger partial charge in [-0.2, -0.15) is 0 Å². The van der Waals surface area contributed by atoms with E-state index >= 15 is 0 Å². The molecule has 2 rings (SSSR count). The fraction of sp³-hybridized carbons (Fsp3) is 0.143. The Morgan fingerprint density at radius 1 is 1.17 bits per heavy atom. The Morgan fingerprint density at radius 2 is 1.89 bits per heavy atom. The first kappa shape index (κ1) is 13.8. The van der Waals surface area contributed by atoms with Crippen molar-refractivity contribution in [3.63, 3.8) is 0 Å². The van der Waals surface area contributed by atoms with Crippen LogP contribution in [-0.4, -0.2) is 7.05 Å². The minimum absolute atomic E-state index is 0.777. The third-order valence-electron chi connectivity index (χ3n) is 2.43. The van der Waals surface area contributed by atoms with E-state index in [2.05, 4.69) is 49.9 Å². The molecular weight excluding hydrogens is 405 g/mol. The summed E-state index contributed by atoms with van der Waals surface area (Å²) in [6.07, 6.45) is 0. The average molecular weight is 418 g/mol. The van der Waals surface area contributed by atoms with Gasteiger partial charge >= 0.3 is 0 Å². The van der Waals surface area contributed by atoms with Gasteiger partial charge < -0.3 is 10.1 Å². The molecule has 2 aromatic carbocycles. The first-order valence-corrected chi connectivity index (χ1v) is 7.42. The molecule has 0 unspecified atom stereocenters. The molecule has 0 saturated heterocycles. The van der Waals surface area contributed by atoms with Crippen LogP contribution in [0.1, 0.15) is 5.56 Å². The smallest absolute Gasteiger partial charge is 0.131 e.